The molecule has 2 heterocycles. The molecule has 0 spiro atoms. The standard InChI is InChI=1S/C14H9Cl2FN2S/c1-6-3-8-10(4-9(6)17)18-14(19-13(8)16)12-11(15)7(2)5-20-12/h3-5H,1-2H3. The number of nitrogens with zero attached hydrogens (tertiary/aromatic N) is 2. The van der Waals surface area contributed by atoms with E-state index >= 15 is 0 Å². The van der Waals surface area contributed by atoms with Crippen LogP contribution in [0.2, 0.25) is 10.2 Å². The number of hydrogen-bond donors (Lipinski definition) is 0. The zero-order chi connectivity index (χ0) is 14.4. The lowest BCUT2D eigenvalue weighted by Gasteiger charge is -2.05. The highest BCUT2D eigenvalue weighted by Gasteiger charge is 2.15. The second-order valence-corrected chi connectivity index (χ2v) is 6.13. The van der Waals surface area contributed by atoms with Crippen LogP contribution in [0.15, 0.2) is 17.5 Å². The molecule has 3 rings (SSSR count). The van der Waals surface area contributed by atoms with E-state index < -0.39 is 0 Å². The van der Waals surface area contributed by atoms with Crippen molar-refractivity contribution >= 4 is 45.4 Å². The van der Waals surface area contributed by atoms with Crippen molar-refractivity contribution in [3.8, 4) is 10.7 Å². The van der Waals surface area contributed by atoms with E-state index in [1.807, 2.05) is 12.3 Å². The summed E-state index contributed by atoms with van der Waals surface area (Å²) in [5.41, 5.74) is 1.95. The predicted octanol–water partition coefficient (Wildman–Crippen LogP) is 5.42. The maximum atomic E-state index is 13.7. The van der Waals surface area contributed by atoms with E-state index in [9.17, 15) is 4.39 Å². The lowest BCUT2D eigenvalue weighted by molar-refractivity contribution is 0.620. The highest BCUT2D eigenvalue weighted by molar-refractivity contribution is 7.14. The summed E-state index contributed by atoms with van der Waals surface area (Å²) in [7, 11) is 0. The molecule has 20 heavy (non-hydrogen) atoms. The Morgan fingerprint density at radius 2 is 1.85 bits per heavy atom. The molecule has 2 aromatic heterocycles. The third-order valence-electron chi connectivity index (χ3n) is 3.03. The maximum absolute atomic E-state index is 13.7. The molecule has 0 N–H and O–H groups in total. The predicted molar refractivity (Wildman–Crippen MR) is 82.3 cm³/mol. The van der Waals surface area contributed by atoms with Crippen LogP contribution < -0.4 is 0 Å². The van der Waals surface area contributed by atoms with Gasteiger partial charge in [-0.05, 0) is 36.4 Å². The smallest absolute Gasteiger partial charge is 0.173 e. The van der Waals surface area contributed by atoms with Gasteiger partial charge in [0.05, 0.1) is 15.4 Å². The third kappa shape index (κ3) is 2.18. The van der Waals surface area contributed by atoms with E-state index in [0.717, 1.165) is 10.4 Å². The summed E-state index contributed by atoms with van der Waals surface area (Å²) < 4.78 is 13.7. The summed E-state index contributed by atoms with van der Waals surface area (Å²) in [5, 5.41) is 3.47. The SMILES string of the molecule is Cc1cc2c(Cl)nc(-c3scc(C)c3Cl)nc2cc1F. The number of hydrogen-bond acceptors (Lipinski definition) is 3. The summed E-state index contributed by atoms with van der Waals surface area (Å²) in [5.74, 6) is 0.112. The van der Waals surface area contributed by atoms with Gasteiger partial charge in [-0.2, -0.15) is 0 Å². The van der Waals surface area contributed by atoms with Gasteiger partial charge in [0.1, 0.15) is 11.0 Å². The highest BCUT2D eigenvalue weighted by atomic mass is 35.5. The van der Waals surface area contributed by atoms with Gasteiger partial charge in [0.15, 0.2) is 5.82 Å². The van der Waals surface area contributed by atoms with Gasteiger partial charge in [0.25, 0.3) is 0 Å². The van der Waals surface area contributed by atoms with Crippen LogP contribution in [0, 0.1) is 19.7 Å². The third-order valence-corrected chi connectivity index (χ3v) is 5.01. The van der Waals surface area contributed by atoms with Gasteiger partial charge >= 0.3 is 0 Å². The van der Waals surface area contributed by atoms with Gasteiger partial charge in [0.2, 0.25) is 0 Å². The minimum Gasteiger partial charge on any atom is -0.227 e. The van der Waals surface area contributed by atoms with E-state index in [2.05, 4.69) is 9.97 Å². The van der Waals surface area contributed by atoms with Crippen LogP contribution in [0.3, 0.4) is 0 Å². The number of halogens is 3. The van der Waals surface area contributed by atoms with E-state index in [1.54, 1.807) is 13.0 Å². The fourth-order valence-electron chi connectivity index (χ4n) is 1.90. The van der Waals surface area contributed by atoms with Gasteiger partial charge in [-0.3, -0.25) is 0 Å². The van der Waals surface area contributed by atoms with Crippen molar-refractivity contribution in [2.75, 3.05) is 0 Å². The fourth-order valence-corrected chi connectivity index (χ4v) is 3.35. The molecular formula is C14H9Cl2FN2S. The van der Waals surface area contributed by atoms with Crippen LogP contribution in [-0.4, -0.2) is 9.97 Å². The largest absolute Gasteiger partial charge is 0.227 e. The second kappa shape index (κ2) is 4.95. The van der Waals surface area contributed by atoms with Crippen LogP contribution >= 0.6 is 34.5 Å². The molecule has 0 fully saturated rings. The van der Waals surface area contributed by atoms with Gasteiger partial charge in [-0.15, -0.1) is 11.3 Å². The first kappa shape index (κ1) is 13.7. The Labute approximate surface area is 129 Å². The van der Waals surface area contributed by atoms with E-state index in [1.165, 1.54) is 17.4 Å². The minimum absolute atomic E-state index is 0.301. The Morgan fingerprint density at radius 1 is 1.10 bits per heavy atom. The molecule has 0 saturated heterocycles. The molecule has 102 valence electrons. The lowest BCUT2D eigenvalue weighted by atomic mass is 10.1. The first-order valence-corrected chi connectivity index (χ1v) is 7.48. The Balaban J connectivity index is 2.29. The number of thiophene rings is 1. The van der Waals surface area contributed by atoms with Crippen molar-refractivity contribution in [2.24, 2.45) is 0 Å². The number of fused-ring (bicyclic) bond motifs is 1. The molecular weight excluding hydrogens is 318 g/mol. The number of rotatable bonds is 1. The molecule has 2 nitrogen and oxygen atoms in total. The van der Waals surface area contributed by atoms with Crippen molar-refractivity contribution in [3.05, 3.63) is 44.6 Å². The Morgan fingerprint density at radius 3 is 2.50 bits per heavy atom. The Hall–Kier alpha value is -1.23. The van der Waals surface area contributed by atoms with Crippen molar-refractivity contribution in [1.82, 2.24) is 9.97 Å². The van der Waals surface area contributed by atoms with Crippen LogP contribution in [0.5, 0.6) is 0 Å². The second-order valence-electron chi connectivity index (χ2n) is 4.52. The number of aromatic nitrogens is 2. The average Bonchev–Trinajstić information content (AvgIpc) is 2.72. The topological polar surface area (TPSA) is 25.8 Å². The zero-order valence-corrected chi connectivity index (χ0v) is 13.0. The van der Waals surface area contributed by atoms with E-state index in [0.29, 0.717) is 32.5 Å². The van der Waals surface area contributed by atoms with Crippen LogP contribution in [0.4, 0.5) is 4.39 Å². The van der Waals surface area contributed by atoms with Crippen LogP contribution in [-0.2, 0) is 0 Å². The lowest BCUT2D eigenvalue weighted by Crippen LogP contribution is -1.93. The first-order chi connectivity index (χ1) is 9.47. The fraction of sp³-hybridized carbons (Fsp3) is 0.143. The van der Waals surface area contributed by atoms with Gasteiger partial charge in [0, 0.05) is 11.5 Å². The Kier molecular flexibility index (Phi) is 3.40. The molecule has 0 amide bonds. The average molecular weight is 327 g/mol. The van der Waals surface area contributed by atoms with Crippen LogP contribution in [0.25, 0.3) is 21.6 Å². The monoisotopic (exact) mass is 326 g/mol. The van der Waals surface area contributed by atoms with Crippen LogP contribution in [0.1, 0.15) is 11.1 Å². The molecule has 0 aliphatic heterocycles. The summed E-state index contributed by atoms with van der Waals surface area (Å²) in [4.78, 5) is 9.39. The molecule has 0 aliphatic carbocycles. The summed E-state index contributed by atoms with van der Waals surface area (Å²) in [6.07, 6.45) is 0. The minimum atomic E-state index is -0.313. The van der Waals surface area contributed by atoms with E-state index in [4.69, 9.17) is 23.2 Å². The number of benzene rings is 1. The van der Waals surface area contributed by atoms with Gasteiger partial charge < -0.3 is 0 Å². The molecule has 0 radical (unpaired) electrons. The normalized spacial score (nSPS) is 11.2. The summed E-state index contributed by atoms with van der Waals surface area (Å²) >= 11 is 13.8. The zero-order valence-electron chi connectivity index (χ0n) is 10.7. The summed E-state index contributed by atoms with van der Waals surface area (Å²) in [6.45, 7) is 3.59. The van der Waals surface area contributed by atoms with Crippen molar-refractivity contribution in [3.63, 3.8) is 0 Å². The molecule has 0 saturated carbocycles. The molecule has 6 heteroatoms. The van der Waals surface area contributed by atoms with Gasteiger partial charge in [-0.25, -0.2) is 14.4 Å². The van der Waals surface area contributed by atoms with Crippen molar-refractivity contribution in [2.45, 2.75) is 13.8 Å². The summed E-state index contributed by atoms with van der Waals surface area (Å²) in [6, 6.07) is 3.02. The molecule has 0 unspecified atom stereocenters. The molecule has 3 aromatic rings. The Bertz CT molecular complexity index is 830. The molecule has 0 atom stereocenters. The molecule has 1 aromatic carbocycles. The molecule has 0 bridgehead atoms. The van der Waals surface area contributed by atoms with Crippen molar-refractivity contribution in [1.29, 1.82) is 0 Å². The van der Waals surface area contributed by atoms with E-state index in [-0.39, 0.29) is 5.82 Å². The molecule has 0 aliphatic rings. The number of aryl methyl sites for hydroxylation is 2. The van der Waals surface area contributed by atoms with Crippen molar-refractivity contribution < 1.29 is 4.39 Å². The highest BCUT2D eigenvalue weighted by Crippen LogP contribution is 2.36. The quantitative estimate of drug-likeness (QED) is 0.558. The van der Waals surface area contributed by atoms with Gasteiger partial charge in [-0.1, -0.05) is 23.2 Å². The first-order valence-electron chi connectivity index (χ1n) is 5.84. The maximum Gasteiger partial charge on any atom is 0.173 e.